The molecular weight excluding hydrogens is 378 g/mol. The van der Waals surface area contributed by atoms with Crippen LogP contribution >= 0.6 is 11.3 Å². The number of nitrogens with zero attached hydrogens (tertiary/aromatic N) is 2. The van der Waals surface area contributed by atoms with Crippen LogP contribution < -0.4 is 24.8 Å². The van der Waals surface area contributed by atoms with Crippen molar-refractivity contribution in [3.63, 3.8) is 0 Å². The third-order valence-electron chi connectivity index (χ3n) is 4.02. The van der Waals surface area contributed by atoms with Crippen LogP contribution in [0, 0.1) is 11.3 Å². The Morgan fingerprint density at radius 3 is 2.75 bits per heavy atom. The molecule has 0 radical (unpaired) electrons. The lowest BCUT2D eigenvalue weighted by Crippen LogP contribution is -2.47. The highest BCUT2D eigenvalue weighted by molar-refractivity contribution is 7.07. The van der Waals surface area contributed by atoms with Gasteiger partial charge in [-0.3, -0.25) is 14.2 Å². The number of hydrogen-bond donors (Lipinski definition) is 2. The fourth-order valence-electron chi connectivity index (χ4n) is 2.48. The zero-order valence-corrected chi connectivity index (χ0v) is 17.1. The average Bonchev–Trinajstić information content (AvgIpc) is 2.97. The van der Waals surface area contributed by atoms with Crippen LogP contribution in [-0.2, 0) is 11.3 Å². The zero-order valence-electron chi connectivity index (χ0n) is 16.3. The minimum absolute atomic E-state index is 0.157. The lowest BCUT2D eigenvalue weighted by molar-refractivity contribution is -0.117. The number of nitriles is 1. The molecule has 0 spiro atoms. The van der Waals surface area contributed by atoms with E-state index in [9.17, 15) is 20.0 Å². The molecule has 0 aliphatic rings. The number of aliphatic hydroxyl groups excluding tert-OH is 1. The van der Waals surface area contributed by atoms with Crippen LogP contribution in [0.4, 0.5) is 0 Å². The van der Waals surface area contributed by atoms with Gasteiger partial charge in [-0.2, -0.15) is 5.26 Å². The molecule has 1 amide bonds. The topological polar surface area (TPSA) is 104 Å². The minimum atomic E-state index is -0.886. The Hall–Kier alpha value is -2.89. The number of carbonyl (C=O) groups is 1. The Morgan fingerprint density at radius 1 is 1.46 bits per heavy atom. The van der Waals surface area contributed by atoms with E-state index in [1.165, 1.54) is 4.57 Å². The third-order valence-corrected chi connectivity index (χ3v) is 5.15. The van der Waals surface area contributed by atoms with Gasteiger partial charge < -0.3 is 15.2 Å². The number of benzene rings is 1. The number of carbonyl (C=O) groups excluding carboxylic acids is 1. The van der Waals surface area contributed by atoms with E-state index >= 15 is 0 Å². The molecule has 0 aliphatic heterocycles. The SMILES string of the molecule is CCn1c(=C(C#N)C(=O)NC(C)(C)CO)sc(=Cc2cccc(OC)c2)c1=O. The summed E-state index contributed by atoms with van der Waals surface area (Å²) in [6.07, 6.45) is 1.70. The average molecular weight is 401 g/mol. The summed E-state index contributed by atoms with van der Waals surface area (Å²) >= 11 is 1.08. The van der Waals surface area contributed by atoms with Crippen LogP contribution in [0.2, 0.25) is 0 Å². The summed E-state index contributed by atoms with van der Waals surface area (Å²) in [5.41, 5.74) is -0.538. The predicted octanol–water partition coefficient (Wildman–Crippen LogP) is 0.328. The van der Waals surface area contributed by atoms with E-state index in [4.69, 9.17) is 4.74 Å². The van der Waals surface area contributed by atoms with E-state index in [1.807, 2.05) is 18.2 Å². The number of thiazole rings is 1. The molecule has 148 valence electrons. The van der Waals surface area contributed by atoms with E-state index in [0.29, 0.717) is 16.8 Å². The summed E-state index contributed by atoms with van der Waals surface area (Å²) in [4.78, 5) is 25.3. The van der Waals surface area contributed by atoms with Crippen molar-refractivity contribution >= 4 is 28.9 Å². The smallest absolute Gasteiger partial charge is 0.269 e. The van der Waals surface area contributed by atoms with Gasteiger partial charge in [0.25, 0.3) is 11.5 Å². The number of aromatic nitrogens is 1. The van der Waals surface area contributed by atoms with Crippen LogP contribution in [-0.4, -0.2) is 34.8 Å². The lowest BCUT2D eigenvalue weighted by atomic mass is 10.1. The summed E-state index contributed by atoms with van der Waals surface area (Å²) in [6, 6.07) is 9.15. The summed E-state index contributed by atoms with van der Waals surface area (Å²) < 4.78 is 7.30. The van der Waals surface area contributed by atoms with Crippen molar-refractivity contribution in [3.8, 4) is 11.8 Å². The first-order valence-corrected chi connectivity index (χ1v) is 9.51. The molecule has 8 heteroatoms. The molecule has 2 aromatic rings. The van der Waals surface area contributed by atoms with Crippen molar-refractivity contribution in [2.24, 2.45) is 0 Å². The highest BCUT2D eigenvalue weighted by atomic mass is 32.1. The van der Waals surface area contributed by atoms with E-state index < -0.39 is 11.4 Å². The van der Waals surface area contributed by atoms with Gasteiger partial charge in [0.05, 0.1) is 23.8 Å². The second-order valence-electron chi connectivity index (χ2n) is 6.72. The summed E-state index contributed by atoms with van der Waals surface area (Å²) in [6.45, 7) is 5.10. The second-order valence-corrected chi connectivity index (χ2v) is 7.76. The predicted molar refractivity (Wildman–Crippen MR) is 108 cm³/mol. The molecule has 0 atom stereocenters. The molecule has 2 rings (SSSR count). The van der Waals surface area contributed by atoms with Crippen molar-refractivity contribution in [1.29, 1.82) is 5.26 Å². The van der Waals surface area contributed by atoms with Crippen LogP contribution in [0.15, 0.2) is 29.1 Å². The van der Waals surface area contributed by atoms with E-state index in [2.05, 4.69) is 5.32 Å². The first kappa shape index (κ1) is 21.4. The standard InChI is InChI=1S/C20H23N3O4S/c1-5-23-18(26)16(10-13-7-6-8-14(9-13)27-4)28-19(23)15(11-21)17(25)22-20(2,3)12-24/h6-10,24H,5,12H2,1-4H3,(H,22,25). The molecule has 0 saturated heterocycles. The molecule has 2 N–H and O–H groups in total. The second kappa shape index (κ2) is 8.87. The largest absolute Gasteiger partial charge is 0.497 e. The van der Waals surface area contributed by atoms with E-state index in [-0.39, 0.29) is 22.4 Å². The Balaban J connectivity index is 2.68. The molecule has 28 heavy (non-hydrogen) atoms. The Bertz CT molecular complexity index is 1090. The number of hydrogen-bond acceptors (Lipinski definition) is 6. The normalized spacial score (nSPS) is 13.1. The van der Waals surface area contributed by atoms with Crippen molar-refractivity contribution in [2.75, 3.05) is 13.7 Å². The number of nitrogens with one attached hydrogen (secondary N) is 1. The van der Waals surface area contributed by atoms with Crippen LogP contribution in [0.5, 0.6) is 5.75 Å². The van der Waals surface area contributed by atoms with Crippen molar-refractivity contribution in [1.82, 2.24) is 9.88 Å². The highest BCUT2D eigenvalue weighted by Gasteiger charge is 2.23. The molecule has 0 aliphatic carbocycles. The molecule has 7 nitrogen and oxygen atoms in total. The maximum atomic E-state index is 12.8. The van der Waals surface area contributed by atoms with Gasteiger partial charge in [-0.05, 0) is 44.5 Å². The molecule has 1 aromatic carbocycles. The summed E-state index contributed by atoms with van der Waals surface area (Å²) in [7, 11) is 1.56. The number of methoxy groups -OCH3 is 1. The van der Waals surface area contributed by atoms with E-state index in [0.717, 1.165) is 16.9 Å². The number of ether oxygens (including phenoxy) is 1. The Morgan fingerprint density at radius 2 is 2.18 bits per heavy atom. The summed E-state index contributed by atoms with van der Waals surface area (Å²) in [5, 5.41) is 21.5. The van der Waals surface area contributed by atoms with Gasteiger partial charge in [-0.1, -0.05) is 12.1 Å². The maximum Gasteiger partial charge on any atom is 0.269 e. The fourth-order valence-corrected chi connectivity index (χ4v) is 3.64. The molecular formula is C20H23N3O4S. The fraction of sp³-hybridized carbons (Fsp3) is 0.350. The minimum Gasteiger partial charge on any atom is -0.497 e. The van der Waals surface area contributed by atoms with Gasteiger partial charge in [-0.25, -0.2) is 0 Å². The molecule has 0 saturated carbocycles. The molecule has 0 bridgehead atoms. The van der Waals surface area contributed by atoms with Crippen molar-refractivity contribution < 1.29 is 14.6 Å². The van der Waals surface area contributed by atoms with Gasteiger partial charge >= 0.3 is 0 Å². The first-order valence-electron chi connectivity index (χ1n) is 8.69. The van der Waals surface area contributed by atoms with Gasteiger partial charge in [-0.15, -0.1) is 11.3 Å². The van der Waals surface area contributed by atoms with Gasteiger partial charge in [0, 0.05) is 6.54 Å². The Kier molecular flexibility index (Phi) is 6.78. The highest BCUT2D eigenvalue weighted by Crippen LogP contribution is 2.12. The quantitative estimate of drug-likeness (QED) is 0.726. The van der Waals surface area contributed by atoms with Crippen LogP contribution in [0.1, 0.15) is 26.3 Å². The lowest BCUT2D eigenvalue weighted by Gasteiger charge is -2.22. The molecule has 0 unspecified atom stereocenters. The summed E-state index contributed by atoms with van der Waals surface area (Å²) in [5.74, 6) is 0.0363. The maximum absolute atomic E-state index is 12.8. The molecule has 0 fully saturated rings. The van der Waals surface area contributed by atoms with Crippen LogP contribution in [0.25, 0.3) is 11.6 Å². The number of aliphatic hydroxyl groups is 1. The third kappa shape index (κ3) is 4.68. The van der Waals surface area contributed by atoms with Gasteiger partial charge in [0.15, 0.2) is 5.57 Å². The van der Waals surface area contributed by atoms with E-state index in [1.54, 1.807) is 46.1 Å². The van der Waals surface area contributed by atoms with Crippen LogP contribution in [0.3, 0.4) is 0 Å². The van der Waals surface area contributed by atoms with Crippen molar-refractivity contribution in [2.45, 2.75) is 32.9 Å². The van der Waals surface area contributed by atoms with Gasteiger partial charge in [0.1, 0.15) is 16.5 Å². The Labute approximate surface area is 166 Å². The molecule has 1 heterocycles. The number of amides is 1. The van der Waals surface area contributed by atoms with Crippen molar-refractivity contribution in [3.05, 3.63) is 49.4 Å². The number of rotatable bonds is 6. The first-order chi connectivity index (χ1) is 13.3. The van der Waals surface area contributed by atoms with Gasteiger partial charge in [0.2, 0.25) is 0 Å². The zero-order chi connectivity index (χ0) is 20.9. The monoisotopic (exact) mass is 401 g/mol. The molecule has 1 aromatic heterocycles.